The van der Waals surface area contributed by atoms with Crippen molar-refractivity contribution in [3.8, 4) is 0 Å². The second-order valence-corrected chi connectivity index (χ2v) is 4.71. The summed E-state index contributed by atoms with van der Waals surface area (Å²) in [6.07, 6.45) is 1.34. The molecular formula is C15H17NO3. The Morgan fingerprint density at radius 2 is 1.63 bits per heavy atom. The number of rotatable bonds is 4. The Morgan fingerprint density at radius 1 is 1.00 bits per heavy atom. The van der Waals surface area contributed by atoms with Gasteiger partial charge in [-0.1, -0.05) is 30.3 Å². The van der Waals surface area contributed by atoms with Gasteiger partial charge in [0, 0.05) is 44.3 Å². The van der Waals surface area contributed by atoms with E-state index < -0.39 is 0 Å². The maximum absolute atomic E-state index is 11.9. The maximum atomic E-state index is 11.9. The number of benzene rings is 1. The van der Waals surface area contributed by atoms with Gasteiger partial charge in [0.25, 0.3) is 0 Å². The zero-order valence-electron chi connectivity index (χ0n) is 10.8. The third-order valence-corrected chi connectivity index (χ3v) is 3.34. The maximum Gasteiger partial charge on any atom is 0.223 e. The quantitative estimate of drug-likeness (QED) is 0.775. The zero-order chi connectivity index (χ0) is 13.7. The summed E-state index contributed by atoms with van der Waals surface area (Å²) in [5.41, 5.74) is 0.643. The van der Waals surface area contributed by atoms with Gasteiger partial charge in [0.15, 0.2) is 5.78 Å². The highest BCUT2D eigenvalue weighted by molar-refractivity contribution is 5.98. The van der Waals surface area contributed by atoms with Crippen LogP contribution < -0.4 is 0 Å². The van der Waals surface area contributed by atoms with Crippen molar-refractivity contribution in [1.82, 2.24) is 4.90 Å². The minimum Gasteiger partial charge on any atom is -0.342 e. The Labute approximate surface area is 112 Å². The summed E-state index contributed by atoms with van der Waals surface area (Å²) in [6.45, 7) is 0.994. The molecule has 1 aliphatic heterocycles. The molecule has 2 rings (SSSR count). The summed E-state index contributed by atoms with van der Waals surface area (Å²) in [5, 5.41) is 0. The fourth-order valence-electron chi connectivity index (χ4n) is 2.15. The Kier molecular flexibility index (Phi) is 4.44. The van der Waals surface area contributed by atoms with E-state index in [-0.39, 0.29) is 30.3 Å². The summed E-state index contributed by atoms with van der Waals surface area (Å²) in [4.78, 5) is 36.5. The summed E-state index contributed by atoms with van der Waals surface area (Å²) >= 11 is 0. The Morgan fingerprint density at radius 3 is 2.26 bits per heavy atom. The average molecular weight is 259 g/mol. The molecule has 100 valence electrons. The molecule has 0 aliphatic carbocycles. The molecule has 1 fully saturated rings. The molecule has 1 amide bonds. The number of Topliss-reactive ketones (excluding diaryl/α,β-unsaturated/α-hetero) is 2. The van der Waals surface area contributed by atoms with E-state index in [2.05, 4.69) is 0 Å². The van der Waals surface area contributed by atoms with Crippen molar-refractivity contribution in [1.29, 1.82) is 0 Å². The highest BCUT2D eigenvalue weighted by atomic mass is 16.2. The number of amides is 1. The lowest BCUT2D eigenvalue weighted by Gasteiger charge is -2.25. The van der Waals surface area contributed by atoms with E-state index in [1.807, 2.05) is 18.2 Å². The van der Waals surface area contributed by atoms with Crippen LogP contribution in [0, 0.1) is 0 Å². The summed E-state index contributed by atoms with van der Waals surface area (Å²) in [7, 11) is 0. The van der Waals surface area contributed by atoms with Crippen LogP contribution in [0.25, 0.3) is 0 Å². The van der Waals surface area contributed by atoms with Gasteiger partial charge in [0.05, 0.1) is 0 Å². The van der Waals surface area contributed by atoms with Crippen LogP contribution in [0.4, 0.5) is 0 Å². The normalized spacial score (nSPS) is 15.4. The molecule has 1 aromatic rings. The topological polar surface area (TPSA) is 54.5 Å². The number of carbonyl (C=O) groups excluding carboxylic acids is 3. The molecule has 4 heteroatoms. The molecule has 1 heterocycles. The van der Waals surface area contributed by atoms with Gasteiger partial charge in [-0.25, -0.2) is 0 Å². The van der Waals surface area contributed by atoms with Gasteiger partial charge >= 0.3 is 0 Å². The highest BCUT2D eigenvalue weighted by Crippen LogP contribution is 2.10. The van der Waals surface area contributed by atoms with E-state index in [1.165, 1.54) is 0 Å². The first-order valence-electron chi connectivity index (χ1n) is 6.54. The van der Waals surface area contributed by atoms with Crippen LogP contribution in [0.5, 0.6) is 0 Å². The molecule has 0 radical (unpaired) electrons. The number of hydrogen-bond donors (Lipinski definition) is 0. The van der Waals surface area contributed by atoms with Crippen LogP contribution in [0.1, 0.15) is 36.0 Å². The lowest BCUT2D eigenvalue weighted by molar-refractivity contribution is -0.134. The molecule has 0 aromatic heterocycles. The second kappa shape index (κ2) is 6.27. The molecule has 1 aromatic carbocycles. The van der Waals surface area contributed by atoms with Crippen molar-refractivity contribution < 1.29 is 14.4 Å². The molecule has 19 heavy (non-hydrogen) atoms. The van der Waals surface area contributed by atoms with Crippen LogP contribution in [-0.4, -0.2) is 35.5 Å². The predicted octanol–water partition coefficient (Wildman–Crippen LogP) is 1.84. The minimum absolute atomic E-state index is 0.0120. The third-order valence-electron chi connectivity index (χ3n) is 3.34. The number of nitrogens with zero attached hydrogens (tertiary/aromatic N) is 1. The average Bonchev–Trinajstić information content (AvgIpc) is 2.46. The Bertz CT molecular complexity index is 471. The van der Waals surface area contributed by atoms with Crippen molar-refractivity contribution in [2.45, 2.75) is 25.7 Å². The fraction of sp³-hybridized carbons (Fsp3) is 0.400. The lowest BCUT2D eigenvalue weighted by Crippen LogP contribution is -2.38. The summed E-state index contributed by atoms with van der Waals surface area (Å²) in [5.74, 6) is 0.170. The summed E-state index contributed by atoms with van der Waals surface area (Å²) < 4.78 is 0. The van der Waals surface area contributed by atoms with Crippen molar-refractivity contribution in [3.63, 3.8) is 0 Å². The third kappa shape index (κ3) is 3.74. The van der Waals surface area contributed by atoms with Crippen molar-refractivity contribution in [2.75, 3.05) is 13.1 Å². The predicted molar refractivity (Wildman–Crippen MR) is 70.8 cm³/mol. The first-order chi connectivity index (χ1) is 9.16. The molecule has 0 atom stereocenters. The number of piperidine rings is 1. The molecule has 0 spiro atoms. The van der Waals surface area contributed by atoms with Crippen LogP contribution in [0.15, 0.2) is 30.3 Å². The van der Waals surface area contributed by atoms with Gasteiger partial charge < -0.3 is 4.90 Å². The number of hydrogen-bond acceptors (Lipinski definition) is 3. The second-order valence-electron chi connectivity index (χ2n) is 4.71. The van der Waals surface area contributed by atoms with Gasteiger partial charge in [-0.15, -0.1) is 0 Å². The van der Waals surface area contributed by atoms with Crippen LogP contribution in [0.3, 0.4) is 0 Å². The number of likely N-dealkylation sites (tertiary alicyclic amines) is 1. The fourth-order valence-corrected chi connectivity index (χ4v) is 2.15. The van der Waals surface area contributed by atoms with E-state index in [0.29, 0.717) is 31.5 Å². The SMILES string of the molecule is O=C1CCN(C(=O)CCC(=O)c2ccccc2)CC1. The molecule has 0 N–H and O–H groups in total. The van der Waals surface area contributed by atoms with E-state index in [1.54, 1.807) is 17.0 Å². The first-order valence-corrected chi connectivity index (χ1v) is 6.54. The summed E-state index contributed by atoms with van der Waals surface area (Å²) in [6, 6.07) is 8.99. The van der Waals surface area contributed by atoms with E-state index in [4.69, 9.17) is 0 Å². The first kappa shape index (κ1) is 13.5. The van der Waals surface area contributed by atoms with Gasteiger partial charge in [-0.2, -0.15) is 0 Å². The molecular weight excluding hydrogens is 242 g/mol. The number of carbonyl (C=O) groups is 3. The smallest absolute Gasteiger partial charge is 0.223 e. The zero-order valence-corrected chi connectivity index (χ0v) is 10.8. The van der Waals surface area contributed by atoms with E-state index >= 15 is 0 Å². The monoisotopic (exact) mass is 259 g/mol. The van der Waals surface area contributed by atoms with Gasteiger partial charge in [-0.3, -0.25) is 14.4 Å². The van der Waals surface area contributed by atoms with E-state index in [9.17, 15) is 14.4 Å². The Balaban J connectivity index is 1.80. The van der Waals surface area contributed by atoms with Crippen LogP contribution >= 0.6 is 0 Å². The molecule has 1 aliphatic rings. The van der Waals surface area contributed by atoms with Crippen molar-refractivity contribution in [3.05, 3.63) is 35.9 Å². The number of ketones is 2. The van der Waals surface area contributed by atoms with E-state index in [0.717, 1.165) is 0 Å². The highest BCUT2D eigenvalue weighted by Gasteiger charge is 2.21. The van der Waals surface area contributed by atoms with Crippen molar-refractivity contribution >= 4 is 17.5 Å². The van der Waals surface area contributed by atoms with Gasteiger partial charge in [0.1, 0.15) is 5.78 Å². The molecule has 0 saturated carbocycles. The minimum atomic E-state index is -0.0308. The Hall–Kier alpha value is -1.97. The van der Waals surface area contributed by atoms with Crippen molar-refractivity contribution in [2.24, 2.45) is 0 Å². The molecule has 0 bridgehead atoms. The van der Waals surface area contributed by atoms with Gasteiger partial charge in [-0.05, 0) is 0 Å². The lowest BCUT2D eigenvalue weighted by atomic mass is 10.1. The van der Waals surface area contributed by atoms with Crippen LogP contribution in [0.2, 0.25) is 0 Å². The molecule has 0 unspecified atom stereocenters. The molecule has 1 saturated heterocycles. The standard InChI is InChI=1S/C15H17NO3/c17-13-8-10-16(11-9-13)15(19)7-6-14(18)12-4-2-1-3-5-12/h1-5H,6-11H2. The molecule has 4 nitrogen and oxygen atoms in total. The van der Waals surface area contributed by atoms with Gasteiger partial charge in [0.2, 0.25) is 5.91 Å². The largest absolute Gasteiger partial charge is 0.342 e. The van der Waals surface area contributed by atoms with Crippen LogP contribution in [-0.2, 0) is 9.59 Å².